The van der Waals surface area contributed by atoms with Crippen molar-refractivity contribution in [3.63, 3.8) is 0 Å². The largest absolute Gasteiger partial charge is 0.345 e. The topological polar surface area (TPSA) is 62.5 Å². The first-order chi connectivity index (χ1) is 8.49. The number of anilines is 1. The van der Waals surface area contributed by atoms with E-state index in [0.29, 0.717) is 0 Å². The van der Waals surface area contributed by atoms with Crippen LogP contribution < -0.4 is 10.6 Å². The maximum absolute atomic E-state index is 11.8. The number of thiazole rings is 1. The molecule has 1 amide bonds. The van der Waals surface area contributed by atoms with Crippen LogP contribution in [0.3, 0.4) is 0 Å². The van der Waals surface area contributed by atoms with Crippen molar-refractivity contribution in [2.45, 2.75) is 26.8 Å². The summed E-state index contributed by atoms with van der Waals surface area (Å²) in [7, 11) is 0. The van der Waals surface area contributed by atoms with E-state index < -0.39 is 6.04 Å². The number of rotatable bonds is 2. The zero-order chi connectivity index (χ0) is 13.3. The molecule has 2 heterocycles. The summed E-state index contributed by atoms with van der Waals surface area (Å²) >= 11 is 1.72. The predicted molar refractivity (Wildman–Crippen MR) is 74.0 cm³/mol. The van der Waals surface area contributed by atoms with E-state index in [1.54, 1.807) is 18.3 Å². The van der Waals surface area contributed by atoms with E-state index in [9.17, 15) is 4.79 Å². The zero-order valence-corrected chi connectivity index (χ0v) is 12.0. The summed E-state index contributed by atoms with van der Waals surface area (Å²) in [5.74, 6) is 0.0427. The number of carbonyl (C=O) groups is 1. The average molecular weight is 268 g/mol. The second kappa shape index (κ2) is 5.24. The zero-order valence-electron chi connectivity index (χ0n) is 11.1. The van der Waals surface area contributed by atoms with Crippen molar-refractivity contribution in [1.82, 2.24) is 9.88 Å². The van der Waals surface area contributed by atoms with E-state index >= 15 is 0 Å². The van der Waals surface area contributed by atoms with E-state index in [4.69, 9.17) is 5.73 Å². The lowest BCUT2D eigenvalue weighted by atomic mass is 10.2. The minimum atomic E-state index is -0.402. The van der Waals surface area contributed by atoms with E-state index in [1.807, 2.05) is 11.8 Å². The minimum absolute atomic E-state index is 0.0427. The molecule has 1 atom stereocenters. The number of amides is 1. The minimum Gasteiger partial charge on any atom is -0.345 e. The van der Waals surface area contributed by atoms with Crippen molar-refractivity contribution >= 4 is 22.4 Å². The average Bonchev–Trinajstić information content (AvgIpc) is 2.69. The lowest BCUT2D eigenvalue weighted by Gasteiger charge is -2.35. The molecule has 0 radical (unpaired) electrons. The molecule has 1 fully saturated rings. The molecule has 0 aliphatic carbocycles. The van der Waals surface area contributed by atoms with Crippen LogP contribution >= 0.6 is 11.3 Å². The molecule has 0 bridgehead atoms. The fourth-order valence-corrected chi connectivity index (χ4v) is 2.96. The van der Waals surface area contributed by atoms with Crippen LogP contribution in [0.1, 0.15) is 17.5 Å². The number of nitrogens with two attached hydrogens (primary N) is 1. The quantitative estimate of drug-likeness (QED) is 0.860. The Labute approximate surface area is 112 Å². The van der Waals surface area contributed by atoms with Gasteiger partial charge in [0.2, 0.25) is 5.91 Å². The Kier molecular flexibility index (Phi) is 3.87. The summed E-state index contributed by atoms with van der Waals surface area (Å²) in [4.78, 5) is 21.7. The number of carbonyl (C=O) groups excluding carboxylic acids is 1. The molecule has 0 aromatic carbocycles. The molecular weight excluding hydrogens is 248 g/mol. The number of hydrogen-bond acceptors (Lipinski definition) is 5. The van der Waals surface area contributed by atoms with Crippen LogP contribution in [0.4, 0.5) is 5.13 Å². The Morgan fingerprint density at radius 2 is 1.94 bits per heavy atom. The maximum atomic E-state index is 11.8. The second-order valence-electron chi connectivity index (χ2n) is 4.74. The molecule has 5 nitrogen and oxygen atoms in total. The normalized spacial score (nSPS) is 18.0. The Morgan fingerprint density at radius 3 is 2.39 bits per heavy atom. The van der Waals surface area contributed by atoms with E-state index in [2.05, 4.69) is 16.8 Å². The fraction of sp³-hybridized carbons (Fsp3) is 0.667. The van der Waals surface area contributed by atoms with Crippen LogP contribution in [0, 0.1) is 13.8 Å². The molecule has 100 valence electrons. The van der Waals surface area contributed by atoms with Gasteiger partial charge in [0, 0.05) is 31.1 Å². The number of aromatic nitrogens is 1. The van der Waals surface area contributed by atoms with Crippen molar-refractivity contribution in [2.75, 3.05) is 31.1 Å². The van der Waals surface area contributed by atoms with Gasteiger partial charge >= 0.3 is 0 Å². The van der Waals surface area contributed by atoms with Gasteiger partial charge in [-0.1, -0.05) is 0 Å². The van der Waals surface area contributed by atoms with Crippen molar-refractivity contribution < 1.29 is 4.79 Å². The summed E-state index contributed by atoms with van der Waals surface area (Å²) < 4.78 is 0. The van der Waals surface area contributed by atoms with Crippen molar-refractivity contribution in [3.8, 4) is 0 Å². The molecule has 2 N–H and O–H groups in total. The van der Waals surface area contributed by atoms with Crippen LogP contribution in [0.2, 0.25) is 0 Å². The first kappa shape index (κ1) is 13.3. The van der Waals surface area contributed by atoms with Crippen LogP contribution in [0.15, 0.2) is 0 Å². The van der Waals surface area contributed by atoms with E-state index in [0.717, 1.165) is 37.0 Å². The monoisotopic (exact) mass is 268 g/mol. The molecule has 1 aliphatic rings. The smallest absolute Gasteiger partial charge is 0.239 e. The maximum Gasteiger partial charge on any atom is 0.239 e. The Balaban J connectivity index is 1.96. The highest BCUT2D eigenvalue weighted by Crippen LogP contribution is 2.25. The van der Waals surface area contributed by atoms with Gasteiger partial charge in [0.1, 0.15) is 0 Å². The first-order valence-electron chi connectivity index (χ1n) is 6.22. The number of piperazine rings is 1. The molecule has 18 heavy (non-hydrogen) atoms. The molecule has 1 aromatic rings. The second-order valence-corrected chi connectivity index (χ2v) is 5.92. The first-order valence-corrected chi connectivity index (χ1v) is 7.04. The highest BCUT2D eigenvalue weighted by molar-refractivity contribution is 7.15. The van der Waals surface area contributed by atoms with Crippen LogP contribution in [-0.2, 0) is 4.79 Å². The van der Waals surface area contributed by atoms with Crippen LogP contribution in [0.5, 0.6) is 0 Å². The lowest BCUT2D eigenvalue weighted by Crippen LogP contribution is -2.52. The molecule has 1 aromatic heterocycles. The van der Waals surface area contributed by atoms with Gasteiger partial charge in [-0.25, -0.2) is 4.98 Å². The molecule has 0 saturated carbocycles. The number of nitrogens with zero attached hydrogens (tertiary/aromatic N) is 3. The van der Waals surface area contributed by atoms with Gasteiger partial charge in [0.25, 0.3) is 0 Å². The van der Waals surface area contributed by atoms with Gasteiger partial charge in [-0.15, -0.1) is 11.3 Å². The molecular formula is C12H20N4OS. The predicted octanol–water partition coefficient (Wildman–Crippen LogP) is 0.756. The van der Waals surface area contributed by atoms with Gasteiger partial charge in [0.15, 0.2) is 5.13 Å². The summed E-state index contributed by atoms with van der Waals surface area (Å²) in [5, 5.41) is 1.07. The molecule has 2 rings (SSSR count). The molecule has 6 heteroatoms. The lowest BCUT2D eigenvalue weighted by molar-refractivity contribution is -0.132. The third-order valence-electron chi connectivity index (χ3n) is 3.27. The summed E-state index contributed by atoms with van der Waals surface area (Å²) in [6.07, 6.45) is 0. The van der Waals surface area contributed by atoms with Gasteiger partial charge in [0.05, 0.1) is 11.7 Å². The van der Waals surface area contributed by atoms with Gasteiger partial charge in [-0.3, -0.25) is 4.79 Å². The SMILES string of the molecule is Cc1nc(N2CCN(C(=O)C(C)N)CC2)sc1C. The molecule has 0 spiro atoms. The summed E-state index contributed by atoms with van der Waals surface area (Å²) in [6.45, 7) is 9.01. The molecule has 1 saturated heterocycles. The third-order valence-corrected chi connectivity index (χ3v) is 4.40. The molecule has 1 aliphatic heterocycles. The van der Waals surface area contributed by atoms with Crippen molar-refractivity contribution in [2.24, 2.45) is 5.73 Å². The summed E-state index contributed by atoms with van der Waals surface area (Å²) in [5.41, 5.74) is 6.72. The Bertz CT molecular complexity index is 416. The number of hydrogen-bond donors (Lipinski definition) is 1. The van der Waals surface area contributed by atoms with E-state index in [-0.39, 0.29) is 5.91 Å². The van der Waals surface area contributed by atoms with Gasteiger partial charge in [-0.05, 0) is 20.8 Å². The van der Waals surface area contributed by atoms with E-state index in [1.165, 1.54) is 4.88 Å². The van der Waals surface area contributed by atoms with Crippen LogP contribution in [-0.4, -0.2) is 48.0 Å². The highest BCUT2D eigenvalue weighted by atomic mass is 32.1. The summed E-state index contributed by atoms with van der Waals surface area (Å²) in [6, 6.07) is -0.402. The van der Waals surface area contributed by atoms with Gasteiger partial charge < -0.3 is 15.5 Å². The fourth-order valence-electron chi connectivity index (χ4n) is 2.00. The Hall–Kier alpha value is -1.14. The van der Waals surface area contributed by atoms with Crippen molar-refractivity contribution in [1.29, 1.82) is 0 Å². The number of aryl methyl sites for hydroxylation is 2. The van der Waals surface area contributed by atoms with Crippen LogP contribution in [0.25, 0.3) is 0 Å². The third kappa shape index (κ3) is 2.64. The van der Waals surface area contributed by atoms with Crippen molar-refractivity contribution in [3.05, 3.63) is 10.6 Å². The highest BCUT2D eigenvalue weighted by Gasteiger charge is 2.24. The molecule has 1 unspecified atom stereocenters. The standard InChI is InChI=1S/C12H20N4OS/c1-8(13)11(17)15-4-6-16(7-5-15)12-14-9(2)10(3)18-12/h8H,4-7,13H2,1-3H3. The van der Waals surface area contributed by atoms with Gasteiger partial charge in [-0.2, -0.15) is 0 Å². The Morgan fingerprint density at radius 1 is 1.33 bits per heavy atom.